The number of nitrogens with one attached hydrogen (secondary N) is 3. The summed E-state index contributed by atoms with van der Waals surface area (Å²) in [5.41, 5.74) is 5.58. The van der Waals surface area contributed by atoms with E-state index in [1.807, 2.05) is 0 Å². The molecule has 0 aliphatic carbocycles. The summed E-state index contributed by atoms with van der Waals surface area (Å²) < 4.78 is 31.6. The average Bonchev–Trinajstić information content (AvgIpc) is 2.14. The first-order valence-electron chi connectivity index (χ1n) is 4.35. The molecule has 0 radical (unpaired) electrons. The molecule has 17 heavy (non-hydrogen) atoms. The predicted molar refractivity (Wildman–Crippen MR) is 60.4 cm³/mol. The Labute approximate surface area is 95.8 Å². The van der Waals surface area contributed by atoms with Gasteiger partial charge < -0.3 is 16.4 Å². The lowest BCUT2D eigenvalue weighted by Gasteiger charge is -2.17. The monoisotopic (exact) mass is 265 g/mol. The Morgan fingerprint density at radius 1 is 1.24 bits per heavy atom. The Kier molecular flexibility index (Phi) is 3.88. The maximum absolute atomic E-state index is 11.2. The van der Waals surface area contributed by atoms with Crippen molar-refractivity contribution in [1.82, 2.24) is 9.97 Å². The van der Waals surface area contributed by atoms with Gasteiger partial charge in [-0.3, -0.25) is 18.9 Å². The number of aromatic nitrogens is 2. The second kappa shape index (κ2) is 4.99. The van der Waals surface area contributed by atoms with Gasteiger partial charge in [-0.2, -0.15) is 13.4 Å². The molecular weight excluding hydrogens is 254 g/mol. The molecule has 0 unspecified atom stereocenters. The minimum absolute atomic E-state index is 0.134. The molecule has 2 rings (SSSR count). The third-order valence-electron chi connectivity index (χ3n) is 1.66. The third kappa shape index (κ3) is 4.67. The van der Waals surface area contributed by atoms with Crippen molar-refractivity contribution in [3.8, 4) is 0 Å². The number of aromatic amines is 1. The normalized spacial score (nSPS) is 13.5. The molecule has 1 aromatic rings. The van der Waals surface area contributed by atoms with Crippen LogP contribution < -0.4 is 21.9 Å². The van der Waals surface area contributed by atoms with Crippen molar-refractivity contribution in [3.05, 3.63) is 10.4 Å². The van der Waals surface area contributed by atoms with Crippen LogP contribution in [0.3, 0.4) is 0 Å². The van der Waals surface area contributed by atoms with Crippen molar-refractivity contribution in [1.29, 1.82) is 0 Å². The molecule has 2 heterocycles. The summed E-state index contributed by atoms with van der Waals surface area (Å²) in [5.74, 6) is 0.664. The van der Waals surface area contributed by atoms with E-state index >= 15 is 0 Å². The SMILES string of the molecule is Nc1nc2c(c(=O)[nH]1)NCCN2.O=S(=O)(O)O. The average molecular weight is 265 g/mol. The number of H-pyrrole nitrogens is 1. The van der Waals surface area contributed by atoms with E-state index in [1.165, 1.54) is 0 Å². The molecule has 1 aliphatic heterocycles. The van der Waals surface area contributed by atoms with Crippen LogP contribution in [-0.4, -0.2) is 40.6 Å². The number of anilines is 3. The summed E-state index contributed by atoms with van der Waals surface area (Å²) in [4.78, 5) is 17.5. The van der Waals surface area contributed by atoms with Crippen LogP contribution in [0.2, 0.25) is 0 Å². The molecule has 0 aromatic carbocycles. The molecule has 0 spiro atoms. The van der Waals surface area contributed by atoms with Crippen LogP contribution in [-0.2, 0) is 10.4 Å². The topological polar surface area (TPSA) is 170 Å². The number of rotatable bonds is 0. The zero-order chi connectivity index (χ0) is 13.1. The van der Waals surface area contributed by atoms with E-state index in [0.717, 1.165) is 13.1 Å². The number of nitrogen functional groups attached to an aromatic ring is 1. The Morgan fingerprint density at radius 2 is 1.76 bits per heavy atom. The van der Waals surface area contributed by atoms with Gasteiger partial charge in [0.25, 0.3) is 5.56 Å². The minimum Gasteiger partial charge on any atom is -0.376 e. The van der Waals surface area contributed by atoms with Crippen LogP contribution >= 0.6 is 0 Å². The van der Waals surface area contributed by atoms with Gasteiger partial charge in [0, 0.05) is 13.1 Å². The number of fused-ring (bicyclic) bond motifs is 1. The van der Waals surface area contributed by atoms with Gasteiger partial charge in [0.05, 0.1) is 0 Å². The quantitative estimate of drug-likeness (QED) is 0.306. The highest BCUT2D eigenvalue weighted by molar-refractivity contribution is 7.79. The molecule has 0 bridgehead atoms. The summed E-state index contributed by atoms with van der Waals surface area (Å²) in [6.07, 6.45) is 0. The van der Waals surface area contributed by atoms with E-state index in [4.69, 9.17) is 23.3 Å². The van der Waals surface area contributed by atoms with E-state index in [-0.39, 0.29) is 11.5 Å². The van der Waals surface area contributed by atoms with Gasteiger partial charge >= 0.3 is 10.4 Å². The van der Waals surface area contributed by atoms with Crippen molar-refractivity contribution in [2.75, 3.05) is 29.5 Å². The maximum atomic E-state index is 11.2. The first kappa shape index (κ1) is 13.2. The highest BCUT2D eigenvalue weighted by Crippen LogP contribution is 2.16. The molecular formula is C6H11N5O5S. The lowest BCUT2D eigenvalue weighted by molar-refractivity contribution is 0.381. The van der Waals surface area contributed by atoms with Crippen LogP contribution in [0.25, 0.3) is 0 Å². The Bertz CT molecular complexity index is 544. The highest BCUT2D eigenvalue weighted by Gasteiger charge is 2.12. The second-order valence-corrected chi connectivity index (χ2v) is 3.87. The molecule has 0 saturated heterocycles. The summed E-state index contributed by atoms with van der Waals surface area (Å²) in [7, 11) is -4.67. The molecule has 1 aliphatic rings. The van der Waals surface area contributed by atoms with Gasteiger partial charge in [0.2, 0.25) is 5.95 Å². The van der Waals surface area contributed by atoms with Crippen molar-refractivity contribution >= 4 is 27.9 Å². The summed E-state index contributed by atoms with van der Waals surface area (Å²) in [5, 5.41) is 5.90. The van der Waals surface area contributed by atoms with Crippen LogP contribution in [0.1, 0.15) is 0 Å². The lowest BCUT2D eigenvalue weighted by Crippen LogP contribution is -2.28. The van der Waals surface area contributed by atoms with E-state index in [1.54, 1.807) is 0 Å². The highest BCUT2D eigenvalue weighted by atomic mass is 32.3. The number of hydrogen-bond donors (Lipinski definition) is 6. The zero-order valence-corrected chi connectivity index (χ0v) is 9.28. The molecule has 1 aromatic heterocycles. The summed E-state index contributed by atoms with van der Waals surface area (Å²) >= 11 is 0. The number of nitrogens with zero attached hydrogens (tertiary/aromatic N) is 1. The predicted octanol–water partition coefficient (Wildman–Crippen LogP) is -1.46. The van der Waals surface area contributed by atoms with E-state index < -0.39 is 10.4 Å². The van der Waals surface area contributed by atoms with Crippen molar-refractivity contribution in [2.45, 2.75) is 0 Å². The van der Waals surface area contributed by atoms with Crippen LogP contribution in [0.4, 0.5) is 17.5 Å². The maximum Gasteiger partial charge on any atom is 0.394 e. The van der Waals surface area contributed by atoms with Gasteiger partial charge in [0.15, 0.2) is 5.82 Å². The van der Waals surface area contributed by atoms with Crippen LogP contribution in [0, 0.1) is 0 Å². The molecule has 10 nitrogen and oxygen atoms in total. The standard InChI is InChI=1S/C6H9N5O.H2O4S/c7-6-10-4-3(5(12)11-6)8-1-2-9-4;1-5(2,3)4/h8H,1-2H2,(H4,7,9,10,11,12);(H2,1,2,3,4). The van der Waals surface area contributed by atoms with Gasteiger partial charge in [-0.15, -0.1) is 0 Å². The Morgan fingerprint density at radius 3 is 2.35 bits per heavy atom. The fourth-order valence-electron chi connectivity index (χ4n) is 1.15. The minimum atomic E-state index is -4.67. The smallest absolute Gasteiger partial charge is 0.376 e. The molecule has 0 fully saturated rings. The van der Waals surface area contributed by atoms with Gasteiger partial charge in [-0.05, 0) is 0 Å². The third-order valence-corrected chi connectivity index (χ3v) is 1.66. The second-order valence-electron chi connectivity index (χ2n) is 2.98. The van der Waals surface area contributed by atoms with Gasteiger partial charge in [-0.25, -0.2) is 0 Å². The summed E-state index contributed by atoms with van der Waals surface area (Å²) in [6, 6.07) is 0. The molecule has 0 amide bonds. The molecule has 7 N–H and O–H groups in total. The van der Waals surface area contributed by atoms with Crippen molar-refractivity contribution in [2.24, 2.45) is 0 Å². The Balaban J connectivity index is 0.000000249. The first-order valence-corrected chi connectivity index (χ1v) is 5.74. The molecule has 96 valence electrons. The number of hydrogen-bond acceptors (Lipinski definition) is 7. The van der Waals surface area contributed by atoms with Gasteiger partial charge in [-0.1, -0.05) is 0 Å². The summed E-state index contributed by atoms with van der Waals surface area (Å²) in [6.45, 7) is 1.48. The zero-order valence-electron chi connectivity index (χ0n) is 8.47. The van der Waals surface area contributed by atoms with E-state index in [0.29, 0.717) is 11.5 Å². The fraction of sp³-hybridized carbons (Fsp3) is 0.333. The van der Waals surface area contributed by atoms with Crippen LogP contribution in [0.15, 0.2) is 4.79 Å². The largest absolute Gasteiger partial charge is 0.394 e. The van der Waals surface area contributed by atoms with Crippen molar-refractivity contribution < 1.29 is 17.5 Å². The molecule has 0 saturated carbocycles. The number of nitrogens with two attached hydrogens (primary N) is 1. The Hall–Kier alpha value is -1.85. The van der Waals surface area contributed by atoms with Crippen LogP contribution in [0.5, 0.6) is 0 Å². The molecule has 11 heteroatoms. The molecule has 0 atom stereocenters. The first-order chi connectivity index (χ1) is 7.77. The van der Waals surface area contributed by atoms with E-state index in [2.05, 4.69) is 20.6 Å². The fourth-order valence-corrected chi connectivity index (χ4v) is 1.15. The van der Waals surface area contributed by atoms with Gasteiger partial charge in [0.1, 0.15) is 5.69 Å². The lowest BCUT2D eigenvalue weighted by atomic mass is 10.3. The van der Waals surface area contributed by atoms with Crippen molar-refractivity contribution in [3.63, 3.8) is 0 Å². The van der Waals surface area contributed by atoms with E-state index in [9.17, 15) is 4.79 Å².